The van der Waals surface area contributed by atoms with Crippen LogP contribution in [0, 0.1) is 0 Å². The Balaban J connectivity index is 1.40. The summed E-state index contributed by atoms with van der Waals surface area (Å²) < 4.78 is 11.5. The summed E-state index contributed by atoms with van der Waals surface area (Å²) >= 11 is 0. The predicted molar refractivity (Wildman–Crippen MR) is 113 cm³/mol. The average Bonchev–Trinajstić information content (AvgIpc) is 3.02. The zero-order valence-corrected chi connectivity index (χ0v) is 16.9. The van der Waals surface area contributed by atoms with E-state index in [2.05, 4.69) is 38.1 Å². The lowest BCUT2D eigenvalue weighted by atomic mass is 10.2. The third kappa shape index (κ3) is 4.88. The Labute approximate surface area is 171 Å². The summed E-state index contributed by atoms with van der Waals surface area (Å²) in [6, 6.07) is 7.93. The molecule has 8 heteroatoms. The smallest absolute Gasteiger partial charge is 0.225 e. The Kier molecular flexibility index (Phi) is 6.29. The number of hydrogen-bond acceptors (Lipinski definition) is 6. The topological polar surface area (TPSA) is 75.1 Å². The number of fused-ring (bicyclic) bond motifs is 1. The number of nitrogens with one attached hydrogen (secondary N) is 1. The number of nitrogens with zero attached hydrogens (tertiary/aromatic N) is 5. The maximum atomic E-state index is 5.80. The van der Waals surface area contributed by atoms with Crippen LogP contribution in [0.5, 0.6) is 11.5 Å². The zero-order chi connectivity index (χ0) is 19.9. The quantitative estimate of drug-likeness (QED) is 0.625. The van der Waals surface area contributed by atoms with E-state index in [1.54, 1.807) is 12.4 Å². The van der Waals surface area contributed by atoms with E-state index in [0.29, 0.717) is 19.8 Å². The van der Waals surface area contributed by atoms with Crippen molar-refractivity contribution >= 4 is 11.9 Å². The summed E-state index contributed by atoms with van der Waals surface area (Å²) in [5.41, 5.74) is 1.11. The molecule has 1 fully saturated rings. The highest BCUT2D eigenvalue weighted by molar-refractivity contribution is 5.80. The van der Waals surface area contributed by atoms with E-state index >= 15 is 0 Å². The van der Waals surface area contributed by atoms with Crippen LogP contribution in [0.25, 0.3) is 0 Å². The molecular formula is C21H28N6O2. The average molecular weight is 396 g/mol. The maximum Gasteiger partial charge on any atom is 0.225 e. The van der Waals surface area contributed by atoms with Gasteiger partial charge in [-0.3, -0.25) is 0 Å². The molecule has 2 aromatic rings. The van der Waals surface area contributed by atoms with Gasteiger partial charge in [-0.1, -0.05) is 6.07 Å². The van der Waals surface area contributed by atoms with Gasteiger partial charge in [-0.05, 0) is 30.7 Å². The van der Waals surface area contributed by atoms with Crippen molar-refractivity contribution < 1.29 is 9.47 Å². The van der Waals surface area contributed by atoms with Gasteiger partial charge in [0.15, 0.2) is 17.5 Å². The van der Waals surface area contributed by atoms with E-state index in [-0.39, 0.29) is 0 Å². The number of benzene rings is 1. The number of aromatic nitrogens is 2. The second kappa shape index (κ2) is 9.45. The second-order valence-electron chi connectivity index (χ2n) is 7.02. The van der Waals surface area contributed by atoms with Crippen LogP contribution in [0.15, 0.2) is 41.7 Å². The highest BCUT2D eigenvalue weighted by Gasteiger charge is 2.21. The molecule has 0 spiro atoms. The van der Waals surface area contributed by atoms with Crippen molar-refractivity contribution in [1.82, 2.24) is 20.2 Å². The normalized spacial score (nSPS) is 17.1. The molecule has 0 saturated carbocycles. The first-order valence-electron chi connectivity index (χ1n) is 10.3. The van der Waals surface area contributed by atoms with Gasteiger partial charge < -0.3 is 24.6 Å². The second-order valence-corrected chi connectivity index (χ2v) is 7.02. The lowest BCUT2D eigenvalue weighted by Gasteiger charge is -2.36. The number of aliphatic imine (C=N–C) groups is 1. The van der Waals surface area contributed by atoms with Gasteiger partial charge in [0.1, 0.15) is 0 Å². The Morgan fingerprint density at radius 3 is 2.59 bits per heavy atom. The molecule has 3 heterocycles. The standard InChI is InChI=1S/C21H28N6O2/c1-2-22-20(26-9-11-27(12-10-26)21-23-7-3-8-24-21)25-16-17-5-6-18-19(15-17)29-14-4-13-28-18/h3,5-8,15H,2,4,9-14,16H2,1H3,(H,22,25). The summed E-state index contributed by atoms with van der Waals surface area (Å²) in [5, 5.41) is 3.42. The molecule has 2 aliphatic heterocycles. The molecule has 0 amide bonds. The van der Waals surface area contributed by atoms with Gasteiger partial charge in [-0.2, -0.15) is 0 Å². The Morgan fingerprint density at radius 1 is 1.07 bits per heavy atom. The minimum absolute atomic E-state index is 0.598. The van der Waals surface area contributed by atoms with Crippen LogP contribution in [0.3, 0.4) is 0 Å². The van der Waals surface area contributed by atoms with Crippen molar-refractivity contribution in [3.63, 3.8) is 0 Å². The predicted octanol–water partition coefficient (Wildman–Crippen LogP) is 1.93. The molecule has 2 aliphatic rings. The molecule has 1 aromatic heterocycles. The van der Waals surface area contributed by atoms with Crippen molar-refractivity contribution in [2.45, 2.75) is 19.9 Å². The number of hydrogen-bond donors (Lipinski definition) is 1. The molecule has 1 saturated heterocycles. The van der Waals surface area contributed by atoms with Crippen LogP contribution in [-0.2, 0) is 6.54 Å². The van der Waals surface area contributed by atoms with E-state index in [4.69, 9.17) is 14.5 Å². The highest BCUT2D eigenvalue weighted by atomic mass is 16.5. The van der Waals surface area contributed by atoms with Crippen molar-refractivity contribution in [2.75, 3.05) is 50.8 Å². The highest BCUT2D eigenvalue weighted by Crippen LogP contribution is 2.30. The van der Waals surface area contributed by atoms with E-state index in [9.17, 15) is 0 Å². The Bertz CT molecular complexity index is 821. The minimum atomic E-state index is 0.598. The number of piperazine rings is 1. The van der Waals surface area contributed by atoms with Gasteiger partial charge in [0.2, 0.25) is 5.95 Å². The summed E-state index contributed by atoms with van der Waals surface area (Å²) in [5.74, 6) is 3.37. The van der Waals surface area contributed by atoms with Crippen molar-refractivity contribution in [3.8, 4) is 11.5 Å². The van der Waals surface area contributed by atoms with E-state index < -0.39 is 0 Å². The molecule has 0 unspecified atom stereocenters. The number of guanidine groups is 1. The van der Waals surface area contributed by atoms with Crippen molar-refractivity contribution in [2.24, 2.45) is 4.99 Å². The van der Waals surface area contributed by atoms with E-state index in [1.807, 2.05) is 18.2 Å². The summed E-state index contributed by atoms with van der Waals surface area (Å²) in [6.45, 7) is 8.43. The van der Waals surface area contributed by atoms with Crippen LogP contribution in [0.1, 0.15) is 18.9 Å². The molecule has 0 bridgehead atoms. The fraction of sp³-hybridized carbons (Fsp3) is 0.476. The molecular weight excluding hydrogens is 368 g/mol. The van der Waals surface area contributed by atoms with Gasteiger partial charge in [0.05, 0.1) is 19.8 Å². The zero-order valence-electron chi connectivity index (χ0n) is 16.9. The number of anilines is 1. The first kappa shape index (κ1) is 19.3. The van der Waals surface area contributed by atoms with Gasteiger partial charge in [-0.25, -0.2) is 15.0 Å². The summed E-state index contributed by atoms with van der Waals surface area (Å²) in [4.78, 5) is 18.1. The first-order valence-corrected chi connectivity index (χ1v) is 10.3. The molecule has 0 aliphatic carbocycles. The summed E-state index contributed by atoms with van der Waals surface area (Å²) in [7, 11) is 0. The van der Waals surface area contributed by atoms with E-state index in [1.165, 1.54) is 0 Å². The third-order valence-corrected chi connectivity index (χ3v) is 4.97. The lowest BCUT2D eigenvalue weighted by molar-refractivity contribution is 0.297. The van der Waals surface area contributed by atoms with Crippen LogP contribution in [0.4, 0.5) is 5.95 Å². The first-order chi connectivity index (χ1) is 14.3. The third-order valence-electron chi connectivity index (χ3n) is 4.97. The summed E-state index contributed by atoms with van der Waals surface area (Å²) in [6.07, 6.45) is 4.48. The van der Waals surface area contributed by atoms with Gasteiger partial charge in [0.25, 0.3) is 0 Å². The van der Waals surface area contributed by atoms with Crippen molar-refractivity contribution in [1.29, 1.82) is 0 Å². The molecule has 29 heavy (non-hydrogen) atoms. The molecule has 1 aromatic carbocycles. The largest absolute Gasteiger partial charge is 0.490 e. The number of ether oxygens (including phenoxy) is 2. The Morgan fingerprint density at radius 2 is 1.83 bits per heavy atom. The van der Waals surface area contributed by atoms with Crippen LogP contribution >= 0.6 is 0 Å². The molecule has 154 valence electrons. The number of rotatable bonds is 4. The fourth-order valence-corrected chi connectivity index (χ4v) is 3.47. The van der Waals surface area contributed by atoms with Crippen LogP contribution in [-0.4, -0.2) is 66.8 Å². The van der Waals surface area contributed by atoms with E-state index in [0.717, 1.165) is 68.1 Å². The maximum absolute atomic E-state index is 5.80. The minimum Gasteiger partial charge on any atom is -0.490 e. The van der Waals surface area contributed by atoms with Gasteiger partial charge >= 0.3 is 0 Å². The lowest BCUT2D eigenvalue weighted by Crippen LogP contribution is -2.52. The monoisotopic (exact) mass is 396 g/mol. The molecule has 0 atom stereocenters. The molecule has 4 rings (SSSR count). The Hall–Kier alpha value is -3.03. The van der Waals surface area contributed by atoms with Crippen molar-refractivity contribution in [3.05, 3.63) is 42.2 Å². The van der Waals surface area contributed by atoms with Gasteiger partial charge in [0, 0.05) is 51.5 Å². The fourth-order valence-electron chi connectivity index (χ4n) is 3.47. The van der Waals surface area contributed by atoms with Crippen LogP contribution < -0.4 is 19.7 Å². The SMILES string of the molecule is CCNC(=NCc1ccc2c(c1)OCCCO2)N1CCN(c2ncccn2)CC1. The molecule has 8 nitrogen and oxygen atoms in total. The van der Waals surface area contributed by atoms with Gasteiger partial charge in [-0.15, -0.1) is 0 Å². The molecule has 1 N–H and O–H groups in total. The van der Waals surface area contributed by atoms with Crippen LogP contribution in [0.2, 0.25) is 0 Å². The molecule has 0 radical (unpaired) electrons.